The summed E-state index contributed by atoms with van der Waals surface area (Å²) in [6.07, 6.45) is 5.46. The van der Waals surface area contributed by atoms with E-state index in [4.69, 9.17) is 16.3 Å². The summed E-state index contributed by atoms with van der Waals surface area (Å²) < 4.78 is 20.6. The maximum Gasteiger partial charge on any atom is 0.435 e. The zero-order valence-corrected chi connectivity index (χ0v) is 22.4. The SMILES string of the molecule is CC(C)(C)OC(=O)n1ncc2cc(C#Cc3ccnc(-c4ccnc(NCc5c(Cl)ccnc5F)n4)n3)ccc21. The van der Waals surface area contributed by atoms with E-state index in [1.54, 1.807) is 63.6 Å². The Morgan fingerprint density at radius 2 is 1.85 bits per heavy atom. The number of anilines is 1. The number of nitrogens with one attached hydrogen (secondary N) is 1. The first kappa shape index (κ1) is 26.6. The normalized spacial score (nSPS) is 11.1. The molecule has 5 aromatic rings. The highest BCUT2D eigenvalue weighted by molar-refractivity contribution is 6.31. The molecule has 12 heteroatoms. The van der Waals surface area contributed by atoms with Gasteiger partial charge in [0, 0.05) is 41.6 Å². The summed E-state index contributed by atoms with van der Waals surface area (Å²) in [5.41, 5.74) is 1.84. The first-order valence-electron chi connectivity index (χ1n) is 12.1. The number of nitrogens with zero attached hydrogens (tertiary/aromatic N) is 7. The molecule has 0 fully saturated rings. The summed E-state index contributed by atoms with van der Waals surface area (Å²) in [6, 6.07) is 10.2. The van der Waals surface area contributed by atoms with Crippen LogP contribution in [0.15, 0.2) is 61.2 Å². The van der Waals surface area contributed by atoms with E-state index in [9.17, 15) is 9.18 Å². The van der Waals surface area contributed by atoms with Crippen molar-refractivity contribution in [2.24, 2.45) is 0 Å². The summed E-state index contributed by atoms with van der Waals surface area (Å²) in [6.45, 7) is 5.44. The molecule has 0 saturated carbocycles. The van der Waals surface area contributed by atoms with Crippen LogP contribution in [0.3, 0.4) is 0 Å². The van der Waals surface area contributed by atoms with Crippen LogP contribution in [0.2, 0.25) is 5.02 Å². The van der Waals surface area contributed by atoms with Crippen LogP contribution >= 0.6 is 11.6 Å². The number of aromatic nitrogens is 7. The highest BCUT2D eigenvalue weighted by Gasteiger charge is 2.20. The third kappa shape index (κ3) is 6.19. The van der Waals surface area contributed by atoms with Crippen LogP contribution < -0.4 is 5.32 Å². The van der Waals surface area contributed by atoms with Crippen molar-refractivity contribution < 1.29 is 13.9 Å². The Bertz CT molecular complexity index is 1770. The third-order valence-corrected chi connectivity index (χ3v) is 5.73. The van der Waals surface area contributed by atoms with Crippen molar-refractivity contribution in [3.05, 3.63) is 89.0 Å². The van der Waals surface area contributed by atoms with Gasteiger partial charge in [-0.1, -0.05) is 17.5 Å². The van der Waals surface area contributed by atoms with Gasteiger partial charge in [-0.2, -0.15) is 14.2 Å². The molecule has 0 amide bonds. The Balaban J connectivity index is 1.32. The van der Waals surface area contributed by atoms with Gasteiger partial charge in [-0.3, -0.25) is 0 Å². The molecule has 4 aromatic heterocycles. The van der Waals surface area contributed by atoms with E-state index < -0.39 is 17.6 Å². The van der Waals surface area contributed by atoms with Crippen LogP contribution in [-0.2, 0) is 11.3 Å². The number of rotatable bonds is 4. The molecule has 0 aliphatic heterocycles. The largest absolute Gasteiger partial charge is 0.442 e. The van der Waals surface area contributed by atoms with E-state index in [0.717, 1.165) is 5.39 Å². The van der Waals surface area contributed by atoms with E-state index in [1.165, 1.54) is 16.9 Å². The quantitative estimate of drug-likeness (QED) is 0.233. The molecule has 0 saturated heterocycles. The smallest absolute Gasteiger partial charge is 0.435 e. The topological polar surface area (TPSA) is 121 Å². The van der Waals surface area contributed by atoms with Gasteiger partial charge in [0.1, 0.15) is 17.0 Å². The van der Waals surface area contributed by atoms with E-state index >= 15 is 0 Å². The van der Waals surface area contributed by atoms with Crippen LogP contribution in [0.25, 0.3) is 22.4 Å². The molecule has 0 aliphatic rings. The number of pyridine rings is 1. The van der Waals surface area contributed by atoms with Gasteiger partial charge in [-0.25, -0.2) is 29.7 Å². The van der Waals surface area contributed by atoms with Gasteiger partial charge < -0.3 is 10.1 Å². The van der Waals surface area contributed by atoms with Gasteiger partial charge in [0.05, 0.1) is 16.7 Å². The van der Waals surface area contributed by atoms with Gasteiger partial charge in [0.15, 0.2) is 5.82 Å². The lowest BCUT2D eigenvalue weighted by molar-refractivity contribution is 0.0522. The van der Waals surface area contributed by atoms with Crippen LogP contribution in [0.1, 0.15) is 37.6 Å². The predicted octanol–water partition coefficient (Wildman–Crippen LogP) is 5.27. The first-order chi connectivity index (χ1) is 19.2. The predicted molar refractivity (Wildman–Crippen MR) is 147 cm³/mol. The van der Waals surface area contributed by atoms with E-state index in [-0.39, 0.29) is 23.1 Å². The van der Waals surface area contributed by atoms with Crippen molar-refractivity contribution in [3.63, 3.8) is 0 Å². The number of hydrogen-bond acceptors (Lipinski definition) is 9. The number of ether oxygens (including phenoxy) is 1. The Kier molecular flexibility index (Phi) is 7.35. The number of hydrogen-bond donors (Lipinski definition) is 1. The zero-order valence-electron chi connectivity index (χ0n) is 21.7. The average molecular weight is 557 g/mol. The van der Waals surface area contributed by atoms with Crippen molar-refractivity contribution in [1.82, 2.24) is 34.7 Å². The fourth-order valence-corrected chi connectivity index (χ4v) is 3.79. The second-order valence-corrected chi connectivity index (χ2v) is 9.91. The van der Waals surface area contributed by atoms with Crippen molar-refractivity contribution in [2.45, 2.75) is 32.9 Å². The molecular formula is C28H22ClFN8O2. The molecule has 0 radical (unpaired) electrons. The van der Waals surface area contributed by atoms with Crippen molar-refractivity contribution >= 4 is 34.5 Å². The van der Waals surface area contributed by atoms with E-state index in [0.29, 0.717) is 28.3 Å². The Hall–Kier alpha value is -4.95. The lowest BCUT2D eigenvalue weighted by atomic mass is 10.1. The van der Waals surface area contributed by atoms with Crippen molar-refractivity contribution in [3.8, 4) is 23.4 Å². The molecule has 0 bridgehead atoms. The summed E-state index contributed by atoms with van der Waals surface area (Å²) in [5.74, 6) is 6.03. The average Bonchev–Trinajstić information content (AvgIpc) is 3.35. The lowest BCUT2D eigenvalue weighted by Gasteiger charge is -2.19. The van der Waals surface area contributed by atoms with Crippen LogP contribution in [-0.4, -0.2) is 46.4 Å². The van der Waals surface area contributed by atoms with Gasteiger partial charge in [-0.05, 0) is 63.1 Å². The van der Waals surface area contributed by atoms with Crippen LogP contribution in [0.4, 0.5) is 15.1 Å². The summed E-state index contributed by atoms with van der Waals surface area (Å²) >= 11 is 6.06. The number of carbonyl (C=O) groups is 1. The Morgan fingerprint density at radius 3 is 2.65 bits per heavy atom. The monoisotopic (exact) mass is 556 g/mol. The molecule has 0 aliphatic carbocycles. The van der Waals surface area contributed by atoms with Crippen molar-refractivity contribution in [1.29, 1.82) is 0 Å². The molecule has 0 atom stereocenters. The molecule has 4 heterocycles. The molecule has 40 heavy (non-hydrogen) atoms. The number of fused-ring (bicyclic) bond motifs is 1. The Morgan fingerprint density at radius 1 is 1.05 bits per heavy atom. The van der Waals surface area contributed by atoms with Crippen LogP contribution in [0, 0.1) is 17.8 Å². The van der Waals surface area contributed by atoms with Crippen molar-refractivity contribution in [2.75, 3.05) is 5.32 Å². The Labute approximate surface area is 233 Å². The molecular weight excluding hydrogens is 535 g/mol. The zero-order chi connectivity index (χ0) is 28.3. The van der Waals surface area contributed by atoms with Gasteiger partial charge in [0.2, 0.25) is 11.9 Å². The van der Waals surface area contributed by atoms with E-state index in [2.05, 4.69) is 47.2 Å². The molecule has 1 N–H and O–H groups in total. The standard InChI is InChI=1S/C28H22ClFN8O2/c1-28(2,3)40-27(39)38-23-7-5-17(14-18(23)15-35-38)4-6-19-8-11-32-25(36-19)22-10-13-33-26(37-22)34-16-20-21(29)9-12-31-24(20)30/h5,7-15H,16H2,1-3H3,(H,33,34,37). The second kappa shape index (κ2) is 11.0. The minimum atomic E-state index is -0.665. The third-order valence-electron chi connectivity index (χ3n) is 5.38. The fraction of sp³-hybridized carbons (Fsp3) is 0.179. The van der Waals surface area contributed by atoms with Gasteiger partial charge in [-0.15, -0.1) is 0 Å². The summed E-state index contributed by atoms with van der Waals surface area (Å²) in [4.78, 5) is 33.4. The van der Waals surface area contributed by atoms with Crippen LogP contribution in [0.5, 0.6) is 0 Å². The maximum atomic E-state index is 14.0. The van der Waals surface area contributed by atoms with E-state index in [1.807, 2.05) is 6.07 Å². The molecule has 10 nitrogen and oxygen atoms in total. The number of benzene rings is 1. The molecule has 0 unspecified atom stereocenters. The number of carbonyl (C=O) groups excluding carboxylic acids is 1. The number of halogens is 2. The highest BCUT2D eigenvalue weighted by atomic mass is 35.5. The lowest BCUT2D eigenvalue weighted by Crippen LogP contribution is -2.27. The second-order valence-electron chi connectivity index (χ2n) is 9.51. The van der Waals surface area contributed by atoms with Gasteiger partial charge >= 0.3 is 6.09 Å². The minimum absolute atomic E-state index is 0.0509. The fourth-order valence-electron chi connectivity index (χ4n) is 3.59. The minimum Gasteiger partial charge on any atom is -0.442 e. The first-order valence-corrected chi connectivity index (χ1v) is 12.5. The molecule has 1 aromatic carbocycles. The maximum absolute atomic E-state index is 14.0. The molecule has 200 valence electrons. The highest BCUT2D eigenvalue weighted by Crippen LogP contribution is 2.20. The summed E-state index contributed by atoms with van der Waals surface area (Å²) in [5, 5.41) is 8.10. The van der Waals surface area contributed by atoms with Gasteiger partial charge in [0.25, 0.3) is 0 Å². The summed E-state index contributed by atoms with van der Waals surface area (Å²) in [7, 11) is 0. The molecule has 5 rings (SSSR count). The molecule has 0 spiro atoms.